The maximum atomic E-state index is 10.4. The van der Waals surface area contributed by atoms with E-state index in [2.05, 4.69) is 5.10 Å². The highest BCUT2D eigenvalue weighted by atomic mass is 16.4. The Hall–Kier alpha value is -1.32. The second kappa shape index (κ2) is 4.07. The largest absolute Gasteiger partial charge is 0.481 e. The maximum Gasteiger partial charge on any atom is 0.303 e. The van der Waals surface area contributed by atoms with Crippen molar-refractivity contribution in [1.29, 1.82) is 0 Å². The fourth-order valence-corrected chi connectivity index (χ4v) is 1.19. The molecule has 1 aromatic heterocycles. The van der Waals surface area contributed by atoms with Gasteiger partial charge in [-0.3, -0.25) is 9.48 Å². The van der Waals surface area contributed by atoms with Crippen LogP contribution >= 0.6 is 0 Å². The van der Waals surface area contributed by atoms with Gasteiger partial charge in [0.1, 0.15) is 0 Å². The summed E-state index contributed by atoms with van der Waals surface area (Å²) in [6.45, 7) is 4.71. The van der Waals surface area contributed by atoms with Gasteiger partial charge >= 0.3 is 5.97 Å². The molecule has 1 N–H and O–H groups in total. The van der Waals surface area contributed by atoms with Crippen LogP contribution in [0.4, 0.5) is 0 Å². The maximum absolute atomic E-state index is 10.4. The van der Waals surface area contributed by atoms with Crippen LogP contribution in [0.15, 0.2) is 12.4 Å². The number of aromatic nitrogens is 2. The van der Waals surface area contributed by atoms with Gasteiger partial charge in [0.05, 0.1) is 12.6 Å². The molecule has 13 heavy (non-hydrogen) atoms. The van der Waals surface area contributed by atoms with Crippen molar-refractivity contribution in [2.75, 3.05) is 0 Å². The number of rotatable bonds is 4. The standard InChI is InChI=1S/C9H14N2O2/c1-3-11-6-8(5-10-11)7(2)4-9(12)13/h5-7H,3-4H2,1-2H3,(H,12,13). The van der Waals surface area contributed by atoms with Crippen molar-refractivity contribution in [3.63, 3.8) is 0 Å². The fourth-order valence-electron chi connectivity index (χ4n) is 1.19. The van der Waals surface area contributed by atoms with E-state index in [-0.39, 0.29) is 12.3 Å². The summed E-state index contributed by atoms with van der Waals surface area (Å²) >= 11 is 0. The van der Waals surface area contributed by atoms with E-state index in [1.54, 1.807) is 10.9 Å². The SMILES string of the molecule is CCn1cc(C(C)CC(=O)O)cn1. The molecule has 0 aromatic carbocycles. The average molecular weight is 182 g/mol. The molecule has 1 atom stereocenters. The molecule has 4 nitrogen and oxygen atoms in total. The molecule has 0 aliphatic rings. The lowest BCUT2D eigenvalue weighted by atomic mass is 10.0. The van der Waals surface area contributed by atoms with E-state index < -0.39 is 5.97 Å². The van der Waals surface area contributed by atoms with Crippen LogP contribution in [0, 0.1) is 0 Å². The van der Waals surface area contributed by atoms with Crippen LogP contribution in [0.2, 0.25) is 0 Å². The third kappa shape index (κ3) is 2.57. The van der Waals surface area contributed by atoms with Crippen molar-refractivity contribution in [3.8, 4) is 0 Å². The Morgan fingerprint density at radius 2 is 2.46 bits per heavy atom. The Morgan fingerprint density at radius 3 is 2.92 bits per heavy atom. The zero-order chi connectivity index (χ0) is 9.84. The minimum absolute atomic E-state index is 0.0396. The summed E-state index contributed by atoms with van der Waals surface area (Å²) in [5.41, 5.74) is 0.990. The Balaban J connectivity index is 2.65. The molecule has 0 radical (unpaired) electrons. The van der Waals surface area contributed by atoms with Gasteiger partial charge in [0, 0.05) is 12.7 Å². The quantitative estimate of drug-likeness (QED) is 0.767. The van der Waals surface area contributed by atoms with Crippen LogP contribution in [0.1, 0.15) is 31.7 Å². The third-order valence-corrected chi connectivity index (χ3v) is 2.03. The summed E-state index contributed by atoms with van der Waals surface area (Å²) in [4.78, 5) is 10.4. The first kappa shape index (κ1) is 9.77. The van der Waals surface area contributed by atoms with Gasteiger partial charge in [-0.25, -0.2) is 0 Å². The van der Waals surface area contributed by atoms with Gasteiger partial charge < -0.3 is 5.11 Å². The molecular formula is C9H14N2O2. The lowest BCUT2D eigenvalue weighted by Gasteiger charge is -2.03. The number of hydrogen-bond donors (Lipinski definition) is 1. The van der Waals surface area contributed by atoms with Crippen LogP contribution < -0.4 is 0 Å². The molecule has 0 bridgehead atoms. The van der Waals surface area contributed by atoms with Gasteiger partial charge in [0.2, 0.25) is 0 Å². The number of nitrogens with zero attached hydrogens (tertiary/aromatic N) is 2. The van der Waals surface area contributed by atoms with E-state index >= 15 is 0 Å². The Bertz CT molecular complexity index is 294. The lowest BCUT2D eigenvalue weighted by Crippen LogP contribution is -2.02. The summed E-state index contributed by atoms with van der Waals surface area (Å²) in [5.74, 6) is -0.727. The minimum atomic E-state index is -0.767. The van der Waals surface area contributed by atoms with E-state index in [9.17, 15) is 4.79 Å². The summed E-state index contributed by atoms with van der Waals surface area (Å²) < 4.78 is 1.80. The molecule has 1 rings (SSSR count). The van der Waals surface area contributed by atoms with Gasteiger partial charge in [-0.2, -0.15) is 5.10 Å². The number of aliphatic carboxylic acids is 1. The predicted octanol–water partition coefficient (Wildman–Crippen LogP) is 1.48. The third-order valence-electron chi connectivity index (χ3n) is 2.03. The van der Waals surface area contributed by atoms with Crippen LogP contribution in [0.3, 0.4) is 0 Å². The second-order valence-electron chi connectivity index (χ2n) is 3.13. The Morgan fingerprint density at radius 1 is 1.77 bits per heavy atom. The van der Waals surface area contributed by atoms with Crippen LogP contribution in [-0.4, -0.2) is 20.9 Å². The molecule has 1 aromatic rings. The fraction of sp³-hybridized carbons (Fsp3) is 0.556. The Kier molecular flexibility index (Phi) is 3.06. The van der Waals surface area contributed by atoms with Crippen LogP contribution in [-0.2, 0) is 11.3 Å². The first-order valence-corrected chi connectivity index (χ1v) is 4.37. The molecule has 4 heteroatoms. The van der Waals surface area contributed by atoms with Crippen LogP contribution in [0.25, 0.3) is 0 Å². The molecule has 0 saturated heterocycles. The zero-order valence-corrected chi connectivity index (χ0v) is 7.90. The van der Waals surface area contributed by atoms with Gasteiger partial charge in [0.15, 0.2) is 0 Å². The number of aryl methyl sites for hydroxylation is 1. The van der Waals surface area contributed by atoms with E-state index in [1.165, 1.54) is 0 Å². The van der Waals surface area contributed by atoms with Gasteiger partial charge in [-0.1, -0.05) is 6.92 Å². The number of hydrogen-bond acceptors (Lipinski definition) is 2. The normalized spacial score (nSPS) is 12.8. The molecule has 0 aliphatic carbocycles. The van der Waals surface area contributed by atoms with Crippen LogP contribution in [0.5, 0.6) is 0 Å². The van der Waals surface area contributed by atoms with Gasteiger partial charge in [-0.05, 0) is 18.4 Å². The zero-order valence-electron chi connectivity index (χ0n) is 7.90. The molecule has 0 fully saturated rings. The topological polar surface area (TPSA) is 55.1 Å². The molecule has 0 aliphatic heterocycles. The van der Waals surface area contributed by atoms with Crippen molar-refractivity contribution in [1.82, 2.24) is 9.78 Å². The summed E-state index contributed by atoms with van der Waals surface area (Å²) in [7, 11) is 0. The molecule has 0 saturated carbocycles. The second-order valence-corrected chi connectivity index (χ2v) is 3.13. The smallest absolute Gasteiger partial charge is 0.303 e. The highest BCUT2D eigenvalue weighted by Gasteiger charge is 2.11. The molecule has 1 heterocycles. The molecule has 1 unspecified atom stereocenters. The van der Waals surface area contributed by atoms with E-state index in [0.717, 1.165) is 12.1 Å². The number of carboxylic acid groups (broad SMARTS) is 1. The molecular weight excluding hydrogens is 168 g/mol. The van der Waals surface area contributed by atoms with Crippen molar-refractivity contribution in [3.05, 3.63) is 18.0 Å². The van der Waals surface area contributed by atoms with Gasteiger partial charge in [-0.15, -0.1) is 0 Å². The highest BCUT2D eigenvalue weighted by molar-refractivity contribution is 5.67. The average Bonchev–Trinajstić information content (AvgIpc) is 2.50. The number of carbonyl (C=O) groups is 1. The van der Waals surface area contributed by atoms with Crippen molar-refractivity contribution in [2.24, 2.45) is 0 Å². The molecule has 0 amide bonds. The van der Waals surface area contributed by atoms with Crippen molar-refractivity contribution in [2.45, 2.75) is 32.7 Å². The van der Waals surface area contributed by atoms with E-state index in [4.69, 9.17) is 5.11 Å². The van der Waals surface area contributed by atoms with Crippen molar-refractivity contribution < 1.29 is 9.90 Å². The summed E-state index contributed by atoms with van der Waals surface area (Å²) in [6, 6.07) is 0. The minimum Gasteiger partial charge on any atom is -0.481 e. The molecule has 0 spiro atoms. The van der Waals surface area contributed by atoms with Gasteiger partial charge in [0.25, 0.3) is 0 Å². The monoisotopic (exact) mass is 182 g/mol. The first-order chi connectivity index (χ1) is 6.13. The van der Waals surface area contributed by atoms with Crippen molar-refractivity contribution >= 4 is 5.97 Å². The molecule has 72 valence electrons. The van der Waals surface area contributed by atoms with E-state index in [0.29, 0.717) is 0 Å². The Labute approximate surface area is 77.2 Å². The lowest BCUT2D eigenvalue weighted by molar-refractivity contribution is -0.137. The predicted molar refractivity (Wildman–Crippen MR) is 48.6 cm³/mol. The summed E-state index contributed by atoms with van der Waals surface area (Å²) in [6.07, 6.45) is 3.79. The summed E-state index contributed by atoms with van der Waals surface area (Å²) in [5, 5.41) is 12.7. The first-order valence-electron chi connectivity index (χ1n) is 4.37. The number of carboxylic acids is 1. The van der Waals surface area contributed by atoms with E-state index in [1.807, 2.05) is 20.0 Å². The highest BCUT2D eigenvalue weighted by Crippen LogP contribution is 2.17.